The molecule has 0 aromatic heterocycles. The first kappa shape index (κ1) is 24.7. The molecule has 0 saturated carbocycles. The lowest BCUT2D eigenvalue weighted by Gasteiger charge is -2.47. The third kappa shape index (κ3) is 4.46. The van der Waals surface area contributed by atoms with Crippen LogP contribution in [0.25, 0.3) is 0 Å². The van der Waals surface area contributed by atoms with Gasteiger partial charge in [0.15, 0.2) is 11.9 Å². The first-order chi connectivity index (χ1) is 16.2. The molecule has 0 radical (unpaired) electrons. The summed E-state index contributed by atoms with van der Waals surface area (Å²) < 4.78 is 7.13. The van der Waals surface area contributed by atoms with Crippen LogP contribution in [0.2, 0.25) is 5.04 Å². The molecule has 0 amide bonds. The number of aldehydes is 1. The maximum absolute atomic E-state index is 12.8. The van der Waals surface area contributed by atoms with Crippen LogP contribution in [-0.2, 0) is 9.22 Å². The molecule has 4 rings (SSSR count). The Morgan fingerprint density at radius 2 is 1.18 bits per heavy atom. The van der Waals surface area contributed by atoms with E-state index >= 15 is 0 Å². The van der Waals surface area contributed by atoms with Gasteiger partial charge >= 0.3 is 0 Å². The van der Waals surface area contributed by atoms with Crippen LogP contribution in [0, 0.1) is 0 Å². The van der Waals surface area contributed by atoms with E-state index in [1.807, 2.05) is 66.7 Å². The van der Waals surface area contributed by atoms with E-state index in [4.69, 9.17) is 27.6 Å². The largest absolute Gasteiger partial charge is 0.389 e. The molecule has 0 atom stereocenters. The number of halogens is 2. The fourth-order valence-electron chi connectivity index (χ4n) is 4.80. The molecule has 3 aromatic carbocycles. The molecule has 0 heterocycles. The molecular formula is C29H28Cl2O2Si. The van der Waals surface area contributed by atoms with Gasteiger partial charge in [0, 0.05) is 10.1 Å². The first-order valence-electron chi connectivity index (χ1n) is 11.3. The van der Waals surface area contributed by atoms with E-state index < -0.39 is 13.9 Å². The van der Waals surface area contributed by atoms with Crippen molar-refractivity contribution in [2.24, 2.45) is 0 Å². The lowest BCUT2D eigenvalue weighted by atomic mass is 9.88. The smallest absolute Gasteiger partial charge is 0.263 e. The Morgan fingerprint density at radius 1 is 0.765 bits per heavy atom. The van der Waals surface area contributed by atoms with E-state index in [-0.39, 0.29) is 11.0 Å². The minimum atomic E-state index is -3.03. The zero-order valence-corrected chi connectivity index (χ0v) is 22.1. The molecule has 0 aliphatic heterocycles. The lowest BCUT2D eigenvalue weighted by Crippen LogP contribution is -2.69. The molecule has 0 spiro atoms. The number of hydrogen-bond acceptors (Lipinski definition) is 2. The van der Waals surface area contributed by atoms with E-state index in [1.54, 1.807) is 12.2 Å². The second-order valence-corrected chi connectivity index (χ2v) is 14.7. The molecule has 174 valence electrons. The summed E-state index contributed by atoms with van der Waals surface area (Å²) in [5.74, 6) is -0.319. The Balaban J connectivity index is 1.91. The summed E-state index contributed by atoms with van der Waals surface area (Å²) in [4.78, 5) is 12.8. The van der Waals surface area contributed by atoms with E-state index in [0.717, 1.165) is 22.2 Å². The summed E-state index contributed by atoms with van der Waals surface area (Å²) in [5, 5.41) is 2.80. The predicted molar refractivity (Wildman–Crippen MR) is 145 cm³/mol. The normalized spacial score (nSPS) is 20.9. The van der Waals surface area contributed by atoms with Crippen molar-refractivity contribution in [1.29, 1.82) is 0 Å². The Kier molecular flexibility index (Phi) is 7.02. The van der Waals surface area contributed by atoms with Gasteiger partial charge in [0.05, 0.1) is 5.92 Å². The molecule has 2 nitrogen and oxygen atoms in total. The van der Waals surface area contributed by atoms with E-state index in [2.05, 4.69) is 45.0 Å². The van der Waals surface area contributed by atoms with Gasteiger partial charge in [-0.1, -0.05) is 135 Å². The third-order valence-electron chi connectivity index (χ3n) is 6.34. The van der Waals surface area contributed by atoms with Crippen molar-refractivity contribution in [2.45, 2.75) is 37.3 Å². The van der Waals surface area contributed by atoms with Crippen LogP contribution in [0.3, 0.4) is 0 Å². The van der Waals surface area contributed by atoms with Crippen molar-refractivity contribution in [3.05, 3.63) is 119 Å². The molecule has 0 fully saturated rings. The molecule has 34 heavy (non-hydrogen) atoms. The van der Waals surface area contributed by atoms with Crippen LogP contribution in [0.5, 0.6) is 0 Å². The fraction of sp³-hybridized carbons (Fsp3) is 0.207. The molecule has 1 aliphatic carbocycles. The Bertz CT molecular complexity index is 1140. The highest BCUT2D eigenvalue weighted by Crippen LogP contribution is 2.46. The number of benzene rings is 3. The first-order valence-corrected chi connectivity index (χ1v) is 14.0. The SMILES string of the molecule is CC(C)(C)[Si](OC1(C=O)C=C(Cl)C(c2ccccc2)C(Cl)=C1)(c1ccccc1)c1ccccc1. The quantitative estimate of drug-likeness (QED) is 0.280. The summed E-state index contributed by atoms with van der Waals surface area (Å²) in [6.07, 6.45) is 4.27. The molecule has 5 heteroatoms. The summed E-state index contributed by atoms with van der Waals surface area (Å²) in [6.45, 7) is 6.51. The number of hydrogen-bond donors (Lipinski definition) is 0. The minimum Gasteiger partial charge on any atom is -0.389 e. The van der Waals surface area contributed by atoms with Gasteiger partial charge in [-0.05, 0) is 33.1 Å². The number of rotatable bonds is 6. The van der Waals surface area contributed by atoms with Crippen LogP contribution in [0.1, 0.15) is 32.3 Å². The lowest BCUT2D eigenvalue weighted by molar-refractivity contribution is -0.116. The molecule has 1 aliphatic rings. The van der Waals surface area contributed by atoms with Crippen molar-refractivity contribution >= 4 is 48.2 Å². The molecular weight excluding hydrogens is 479 g/mol. The van der Waals surface area contributed by atoms with E-state index in [9.17, 15) is 4.79 Å². The van der Waals surface area contributed by atoms with Crippen LogP contribution in [-0.4, -0.2) is 20.2 Å². The second kappa shape index (κ2) is 9.67. The summed E-state index contributed by atoms with van der Waals surface area (Å²) in [5.41, 5.74) is -0.417. The average molecular weight is 508 g/mol. The van der Waals surface area contributed by atoms with E-state index in [0.29, 0.717) is 10.1 Å². The topological polar surface area (TPSA) is 26.3 Å². The predicted octanol–water partition coefficient (Wildman–Crippen LogP) is 6.54. The van der Waals surface area contributed by atoms with Gasteiger partial charge in [-0.2, -0.15) is 0 Å². The maximum Gasteiger partial charge on any atom is 0.263 e. The molecule has 0 saturated heterocycles. The Hall–Kier alpha value is -2.43. The zero-order valence-electron chi connectivity index (χ0n) is 19.5. The zero-order chi connectivity index (χ0) is 24.4. The van der Waals surface area contributed by atoms with Gasteiger partial charge in [-0.25, -0.2) is 0 Å². The van der Waals surface area contributed by atoms with Crippen LogP contribution in [0.4, 0.5) is 0 Å². The van der Waals surface area contributed by atoms with Crippen LogP contribution in [0.15, 0.2) is 113 Å². The summed E-state index contributed by atoms with van der Waals surface area (Å²) >= 11 is 13.6. The Morgan fingerprint density at radius 3 is 1.56 bits per heavy atom. The Labute approximate surface area is 213 Å². The second-order valence-electron chi connectivity index (χ2n) is 9.64. The van der Waals surface area contributed by atoms with Gasteiger partial charge in [-0.3, -0.25) is 4.79 Å². The van der Waals surface area contributed by atoms with Gasteiger partial charge in [0.1, 0.15) is 0 Å². The standard InChI is InChI=1S/C29H28Cl2O2Si/c1-28(2,3)34(23-15-9-5-10-16-23,24-17-11-6-12-18-24)33-29(21-32)19-25(30)27(26(31)20-29)22-13-7-4-8-14-22/h4-21,27H,1-3H3. The van der Waals surface area contributed by atoms with Crippen molar-refractivity contribution in [2.75, 3.05) is 0 Å². The van der Waals surface area contributed by atoms with Gasteiger partial charge in [0.2, 0.25) is 0 Å². The summed E-state index contributed by atoms with van der Waals surface area (Å²) in [6, 6.07) is 30.2. The number of carbonyl (C=O) groups excluding carboxylic acids is 1. The van der Waals surface area contributed by atoms with Gasteiger partial charge in [0.25, 0.3) is 8.32 Å². The maximum atomic E-state index is 12.8. The molecule has 0 bridgehead atoms. The van der Waals surface area contributed by atoms with Crippen LogP contribution < -0.4 is 10.4 Å². The fourth-order valence-corrected chi connectivity index (χ4v) is 10.3. The molecule has 3 aromatic rings. The number of allylic oxidation sites excluding steroid dienone is 2. The highest BCUT2D eigenvalue weighted by molar-refractivity contribution is 6.99. The monoisotopic (exact) mass is 506 g/mol. The van der Waals surface area contributed by atoms with E-state index in [1.165, 1.54) is 0 Å². The van der Waals surface area contributed by atoms with Crippen LogP contribution >= 0.6 is 23.2 Å². The highest BCUT2D eigenvalue weighted by Gasteiger charge is 2.54. The van der Waals surface area contributed by atoms with Gasteiger partial charge < -0.3 is 4.43 Å². The summed E-state index contributed by atoms with van der Waals surface area (Å²) in [7, 11) is -3.03. The average Bonchev–Trinajstić information content (AvgIpc) is 2.83. The number of carbonyl (C=O) groups is 1. The highest BCUT2D eigenvalue weighted by atomic mass is 35.5. The minimum absolute atomic E-state index is 0.303. The third-order valence-corrected chi connectivity index (χ3v) is 12.1. The van der Waals surface area contributed by atoms with Crippen molar-refractivity contribution < 1.29 is 9.22 Å². The van der Waals surface area contributed by atoms with Crippen molar-refractivity contribution in [3.63, 3.8) is 0 Å². The molecule has 0 unspecified atom stereocenters. The molecule has 0 N–H and O–H groups in total. The van der Waals surface area contributed by atoms with Crippen molar-refractivity contribution in [3.8, 4) is 0 Å². The van der Waals surface area contributed by atoms with Crippen molar-refractivity contribution in [1.82, 2.24) is 0 Å². The van der Waals surface area contributed by atoms with Gasteiger partial charge in [-0.15, -0.1) is 0 Å².